The molecule has 10 nitrogen and oxygen atoms in total. The number of imidazole rings is 1. The first-order valence-corrected chi connectivity index (χ1v) is 17.3. The van der Waals surface area contributed by atoms with E-state index < -0.39 is 17.7 Å². The molecule has 1 aliphatic carbocycles. The zero-order valence-electron chi connectivity index (χ0n) is 29.7. The highest BCUT2D eigenvalue weighted by Gasteiger charge is 2.55. The second kappa shape index (κ2) is 13.7. The number of esters is 1. The number of nitrogens with one attached hydrogen (secondary N) is 2. The Morgan fingerprint density at radius 2 is 1.58 bits per heavy atom. The van der Waals surface area contributed by atoms with Gasteiger partial charge in [-0.3, -0.25) is 14.4 Å². The molecule has 0 unspecified atom stereocenters. The quantitative estimate of drug-likeness (QED) is 0.130. The minimum absolute atomic E-state index is 0.0543. The van der Waals surface area contributed by atoms with Gasteiger partial charge in [-0.15, -0.1) is 0 Å². The maximum Gasteiger partial charge on any atom is 0.407 e. The Morgan fingerprint density at radius 1 is 0.940 bits per heavy atom. The van der Waals surface area contributed by atoms with E-state index in [-0.39, 0.29) is 47.9 Å². The first-order chi connectivity index (χ1) is 23.7. The molecule has 2 atom stereocenters. The van der Waals surface area contributed by atoms with Crippen molar-refractivity contribution in [2.75, 3.05) is 13.7 Å². The molecule has 0 radical (unpaired) electrons. The van der Waals surface area contributed by atoms with Gasteiger partial charge in [0.15, 0.2) is 5.78 Å². The number of carbonyl (C=O) groups is 4. The maximum absolute atomic E-state index is 13.8. The van der Waals surface area contributed by atoms with Crippen LogP contribution >= 0.6 is 0 Å². The lowest BCUT2D eigenvalue weighted by atomic mass is 9.97. The summed E-state index contributed by atoms with van der Waals surface area (Å²) in [5.74, 6) is 0.0666. The third kappa shape index (κ3) is 7.74. The number of aromatic nitrogens is 2. The number of nitrogens with zero attached hydrogens (tertiary/aromatic N) is 2. The van der Waals surface area contributed by atoms with Crippen molar-refractivity contribution in [2.45, 2.75) is 84.4 Å². The molecular formula is C40H46N4O6. The van der Waals surface area contributed by atoms with Crippen LogP contribution in [0.5, 0.6) is 0 Å². The Hall–Kier alpha value is -4.99. The topological polar surface area (TPSA) is 131 Å². The lowest BCUT2D eigenvalue weighted by Gasteiger charge is -2.30. The van der Waals surface area contributed by atoms with Crippen LogP contribution in [0.25, 0.3) is 33.2 Å². The minimum Gasteiger partial charge on any atom is -0.460 e. The van der Waals surface area contributed by atoms with Crippen molar-refractivity contribution in [3.63, 3.8) is 0 Å². The number of methoxy groups -OCH3 is 1. The number of hydrogen-bond donors (Lipinski definition) is 2. The van der Waals surface area contributed by atoms with Crippen molar-refractivity contribution in [2.24, 2.45) is 11.3 Å². The number of carbonyl (C=O) groups excluding carboxylic acids is 4. The molecule has 1 aliphatic heterocycles. The van der Waals surface area contributed by atoms with Crippen LogP contribution < -0.4 is 5.32 Å². The fourth-order valence-electron chi connectivity index (χ4n) is 6.80. The average molecular weight is 679 g/mol. The summed E-state index contributed by atoms with van der Waals surface area (Å²) in [5, 5.41) is 4.88. The first kappa shape index (κ1) is 34.9. The molecule has 1 spiro atoms. The van der Waals surface area contributed by atoms with Gasteiger partial charge in [0.25, 0.3) is 0 Å². The number of ether oxygens (including phenoxy) is 2. The molecule has 2 fully saturated rings. The molecule has 2 aliphatic rings. The Kier molecular flexibility index (Phi) is 9.57. The molecule has 0 bridgehead atoms. The second-order valence-corrected chi connectivity index (χ2v) is 15.1. The number of fused-ring (bicyclic) bond motifs is 1. The van der Waals surface area contributed by atoms with Gasteiger partial charge in [-0.2, -0.15) is 0 Å². The van der Waals surface area contributed by atoms with E-state index in [0.717, 1.165) is 58.2 Å². The van der Waals surface area contributed by atoms with E-state index in [2.05, 4.69) is 46.7 Å². The van der Waals surface area contributed by atoms with E-state index in [1.54, 1.807) is 12.1 Å². The van der Waals surface area contributed by atoms with E-state index >= 15 is 0 Å². The molecule has 2 amide bonds. The molecule has 2 heterocycles. The van der Waals surface area contributed by atoms with E-state index in [4.69, 9.17) is 14.5 Å². The molecule has 6 rings (SSSR count). The van der Waals surface area contributed by atoms with Gasteiger partial charge in [0, 0.05) is 24.1 Å². The largest absolute Gasteiger partial charge is 0.460 e. The van der Waals surface area contributed by atoms with Gasteiger partial charge in [-0.05, 0) is 85.4 Å². The van der Waals surface area contributed by atoms with Gasteiger partial charge < -0.3 is 24.7 Å². The summed E-state index contributed by atoms with van der Waals surface area (Å²) in [7, 11) is 1.30. The van der Waals surface area contributed by atoms with Gasteiger partial charge in [0.2, 0.25) is 5.91 Å². The summed E-state index contributed by atoms with van der Waals surface area (Å²) >= 11 is 0. The number of likely N-dealkylation sites (tertiary alicyclic amines) is 1. The number of H-pyrrole nitrogens is 1. The third-order valence-corrected chi connectivity index (χ3v) is 9.72. The smallest absolute Gasteiger partial charge is 0.407 e. The van der Waals surface area contributed by atoms with Crippen LogP contribution in [0, 0.1) is 11.3 Å². The first-order valence-electron chi connectivity index (χ1n) is 17.3. The maximum atomic E-state index is 13.8. The van der Waals surface area contributed by atoms with Crippen LogP contribution in [0.2, 0.25) is 0 Å². The molecule has 10 heteroatoms. The highest BCUT2D eigenvalue weighted by atomic mass is 16.6. The monoisotopic (exact) mass is 678 g/mol. The van der Waals surface area contributed by atoms with Gasteiger partial charge >= 0.3 is 12.1 Å². The molecule has 1 saturated heterocycles. The van der Waals surface area contributed by atoms with E-state index in [1.807, 2.05) is 57.8 Å². The summed E-state index contributed by atoms with van der Waals surface area (Å²) in [4.78, 5) is 60.7. The molecule has 2 N–H and O–H groups in total. The predicted molar refractivity (Wildman–Crippen MR) is 191 cm³/mol. The van der Waals surface area contributed by atoms with Crippen molar-refractivity contribution < 1.29 is 28.7 Å². The molecule has 50 heavy (non-hydrogen) atoms. The fraction of sp³-hybridized carbons (Fsp3) is 0.425. The standard InChI is InChI=1S/C40H46N4O6/c1-24(2)35(43-38(48)49-6)37(47)44-23-40(17-18-40)21-32(44)36-41-22-31(42-36)30-14-13-28-19-27(11-12-29(28)20-30)25-7-9-26(10-8-25)33(45)15-16-34(46)50-39(3,4)5/h7-14,19-20,22,24,32,35H,15-18,21,23H2,1-6H3,(H,41,42)(H,43,48)/t32-,35-/m0/s1. The summed E-state index contributed by atoms with van der Waals surface area (Å²) in [6, 6.07) is 19.1. The normalized spacial score (nSPS) is 17.2. The highest BCUT2D eigenvalue weighted by Crippen LogP contribution is 2.58. The number of aromatic amines is 1. The van der Waals surface area contributed by atoms with E-state index in [0.29, 0.717) is 12.1 Å². The lowest BCUT2D eigenvalue weighted by Crippen LogP contribution is -2.51. The van der Waals surface area contributed by atoms with E-state index in [9.17, 15) is 19.2 Å². The summed E-state index contributed by atoms with van der Waals surface area (Å²) in [5.41, 5.74) is 4.00. The molecule has 4 aromatic rings. The third-order valence-electron chi connectivity index (χ3n) is 9.72. The number of Topliss-reactive ketones (excluding diaryl/α,β-unsaturated/α-hetero) is 1. The average Bonchev–Trinajstić information content (AvgIpc) is 3.47. The fourth-order valence-corrected chi connectivity index (χ4v) is 6.80. The second-order valence-electron chi connectivity index (χ2n) is 15.1. The molecular weight excluding hydrogens is 632 g/mol. The van der Waals surface area contributed by atoms with Crippen LogP contribution in [0.1, 0.15) is 88.9 Å². The zero-order chi connectivity index (χ0) is 35.8. The number of benzene rings is 3. The Balaban J connectivity index is 1.15. The molecule has 1 aromatic heterocycles. The van der Waals surface area contributed by atoms with Crippen molar-refractivity contribution in [1.29, 1.82) is 0 Å². The SMILES string of the molecule is COC(=O)N[C@H](C(=O)N1CC2(CC2)C[C@H]1c1ncc(-c2ccc3cc(-c4ccc(C(=O)CCC(=O)OC(C)(C)C)cc4)ccc3c2)[nH]1)C(C)C. The predicted octanol–water partition coefficient (Wildman–Crippen LogP) is 7.64. The van der Waals surface area contributed by atoms with Crippen LogP contribution in [0.4, 0.5) is 4.79 Å². The van der Waals surface area contributed by atoms with Gasteiger partial charge in [-0.1, -0.05) is 62.4 Å². The summed E-state index contributed by atoms with van der Waals surface area (Å²) in [6.45, 7) is 9.92. The van der Waals surface area contributed by atoms with Gasteiger partial charge in [0.1, 0.15) is 17.5 Å². The van der Waals surface area contributed by atoms with Crippen LogP contribution in [-0.4, -0.2) is 63.9 Å². The van der Waals surface area contributed by atoms with Crippen molar-refractivity contribution in [1.82, 2.24) is 20.2 Å². The van der Waals surface area contributed by atoms with Gasteiger partial charge in [0.05, 0.1) is 31.5 Å². The molecule has 3 aromatic carbocycles. The Labute approximate surface area is 292 Å². The van der Waals surface area contributed by atoms with Gasteiger partial charge in [-0.25, -0.2) is 9.78 Å². The minimum atomic E-state index is -0.685. The number of rotatable bonds is 10. The Morgan fingerprint density at radius 3 is 2.20 bits per heavy atom. The Bertz CT molecular complexity index is 1920. The highest BCUT2D eigenvalue weighted by molar-refractivity contribution is 5.98. The van der Waals surface area contributed by atoms with Crippen molar-refractivity contribution >= 4 is 34.5 Å². The van der Waals surface area contributed by atoms with Crippen LogP contribution in [-0.2, 0) is 19.1 Å². The summed E-state index contributed by atoms with van der Waals surface area (Å²) < 4.78 is 10.1. The van der Waals surface area contributed by atoms with Crippen LogP contribution in [0.3, 0.4) is 0 Å². The van der Waals surface area contributed by atoms with Crippen molar-refractivity contribution in [3.8, 4) is 22.4 Å². The van der Waals surface area contributed by atoms with Crippen molar-refractivity contribution in [3.05, 3.63) is 78.2 Å². The lowest BCUT2D eigenvalue weighted by molar-refractivity contribution is -0.154. The number of amides is 2. The number of hydrogen-bond acceptors (Lipinski definition) is 7. The number of alkyl carbamates (subject to hydrolysis) is 1. The van der Waals surface area contributed by atoms with E-state index in [1.165, 1.54) is 7.11 Å². The van der Waals surface area contributed by atoms with Crippen LogP contribution in [0.15, 0.2) is 66.9 Å². The summed E-state index contributed by atoms with van der Waals surface area (Å²) in [6.07, 6.45) is 4.39. The zero-order valence-corrected chi connectivity index (χ0v) is 29.7. The molecule has 262 valence electrons. The number of ketones is 1. The molecule has 1 saturated carbocycles.